The molecule has 0 radical (unpaired) electrons. The van der Waals surface area contributed by atoms with Gasteiger partial charge in [-0.2, -0.15) is 0 Å². The van der Waals surface area contributed by atoms with E-state index in [1.54, 1.807) is 7.11 Å². The number of nitrogens with one attached hydrogen (secondary N) is 1. The zero-order valence-electron chi connectivity index (χ0n) is 17.3. The van der Waals surface area contributed by atoms with Crippen LogP contribution in [0.5, 0.6) is 5.75 Å². The van der Waals surface area contributed by atoms with Crippen molar-refractivity contribution in [1.29, 1.82) is 0 Å². The molecule has 4 rings (SSSR count). The molecule has 0 unspecified atom stereocenters. The van der Waals surface area contributed by atoms with Crippen LogP contribution in [-0.2, 0) is 0 Å². The van der Waals surface area contributed by atoms with Gasteiger partial charge in [0.05, 0.1) is 23.9 Å². The lowest BCUT2D eigenvalue weighted by Gasteiger charge is -2.12. The van der Waals surface area contributed by atoms with Gasteiger partial charge in [0.2, 0.25) is 0 Å². The lowest BCUT2D eigenvalue weighted by molar-refractivity contribution is 0.102. The number of nitrogens with zero attached hydrogens (tertiary/aromatic N) is 1. The summed E-state index contributed by atoms with van der Waals surface area (Å²) in [5, 5.41) is 3.81. The number of benzene rings is 3. The van der Waals surface area contributed by atoms with Gasteiger partial charge in [0.25, 0.3) is 5.91 Å². The Morgan fingerprint density at radius 3 is 2.33 bits per heavy atom. The van der Waals surface area contributed by atoms with Gasteiger partial charge in [0.15, 0.2) is 0 Å². The molecule has 3 aromatic carbocycles. The minimum absolute atomic E-state index is 0.165. The number of rotatable bonds is 5. The Hall–Kier alpha value is -3.66. The number of hydrogen-bond acceptors (Lipinski definition) is 3. The van der Waals surface area contributed by atoms with Crippen LogP contribution in [0, 0.1) is 0 Å². The first-order chi connectivity index (χ1) is 14.5. The van der Waals surface area contributed by atoms with Crippen molar-refractivity contribution < 1.29 is 9.53 Å². The number of carbonyl (C=O) groups excluding carboxylic acids is 1. The Morgan fingerprint density at radius 1 is 0.933 bits per heavy atom. The molecule has 1 N–H and O–H groups in total. The van der Waals surface area contributed by atoms with Crippen molar-refractivity contribution in [3.63, 3.8) is 0 Å². The molecule has 1 amide bonds. The summed E-state index contributed by atoms with van der Waals surface area (Å²) in [5.41, 5.74) is 5.00. The van der Waals surface area contributed by atoms with Crippen LogP contribution in [0.3, 0.4) is 0 Å². The second-order valence-electron chi connectivity index (χ2n) is 7.53. The zero-order chi connectivity index (χ0) is 21.1. The number of aromatic nitrogens is 1. The van der Waals surface area contributed by atoms with E-state index in [0.717, 1.165) is 27.8 Å². The maximum atomic E-state index is 13.2. The molecule has 0 aliphatic heterocycles. The first-order valence-corrected chi connectivity index (χ1v) is 10.0. The van der Waals surface area contributed by atoms with Gasteiger partial charge in [-0.25, -0.2) is 4.98 Å². The van der Waals surface area contributed by atoms with Crippen molar-refractivity contribution in [2.24, 2.45) is 0 Å². The normalized spacial score (nSPS) is 10.9. The number of ether oxygens (including phenoxy) is 1. The molecule has 0 spiro atoms. The molecule has 0 saturated heterocycles. The Labute approximate surface area is 176 Å². The highest BCUT2D eigenvalue weighted by Gasteiger charge is 2.15. The number of amides is 1. The third-order valence-electron chi connectivity index (χ3n) is 5.17. The lowest BCUT2D eigenvalue weighted by atomic mass is 10.0. The molecule has 4 aromatic rings. The molecule has 4 heteroatoms. The Morgan fingerprint density at radius 2 is 1.67 bits per heavy atom. The molecule has 1 heterocycles. The highest BCUT2D eigenvalue weighted by molar-refractivity contribution is 6.13. The van der Waals surface area contributed by atoms with E-state index in [1.165, 1.54) is 5.56 Å². The van der Waals surface area contributed by atoms with Gasteiger partial charge in [-0.3, -0.25) is 4.79 Å². The SMILES string of the molecule is COc1ccc2c(C(=O)Nc3ccc(C(C)C)cc3)cc(-c3ccccc3)nc2c1. The van der Waals surface area contributed by atoms with E-state index >= 15 is 0 Å². The van der Waals surface area contributed by atoms with Crippen LogP contribution in [0.25, 0.3) is 22.2 Å². The van der Waals surface area contributed by atoms with Crippen LogP contribution in [0.15, 0.2) is 78.9 Å². The minimum Gasteiger partial charge on any atom is -0.497 e. The largest absolute Gasteiger partial charge is 0.497 e. The Bertz CT molecular complexity index is 1180. The van der Waals surface area contributed by atoms with Crippen molar-refractivity contribution in [1.82, 2.24) is 4.98 Å². The molecule has 0 aliphatic rings. The van der Waals surface area contributed by atoms with E-state index in [2.05, 4.69) is 19.2 Å². The fourth-order valence-electron chi connectivity index (χ4n) is 3.43. The predicted molar refractivity (Wildman–Crippen MR) is 122 cm³/mol. The van der Waals surface area contributed by atoms with Crippen molar-refractivity contribution in [3.05, 3.63) is 90.0 Å². The van der Waals surface area contributed by atoms with E-state index in [0.29, 0.717) is 17.2 Å². The Balaban J connectivity index is 1.76. The third kappa shape index (κ3) is 4.03. The molecular formula is C26H24N2O2. The summed E-state index contributed by atoms with van der Waals surface area (Å²) in [6.07, 6.45) is 0. The van der Waals surface area contributed by atoms with Crippen LogP contribution >= 0.6 is 0 Å². The zero-order valence-corrected chi connectivity index (χ0v) is 17.3. The molecule has 0 saturated carbocycles. The van der Waals surface area contributed by atoms with Gasteiger partial charge >= 0.3 is 0 Å². The summed E-state index contributed by atoms with van der Waals surface area (Å²) in [4.78, 5) is 18.0. The maximum absolute atomic E-state index is 13.2. The van der Waals surface area contributed by atoms with Crippen molar-refractivity contribution in [2.75, 3.05) is 12.4 Å². The maximum Gasteiger partial charge on any atom is 0.256 e. The number of fused-ring (bicyclic) bond motifs is 1. The van der Waals surface area contributed by atoms with Crippen molar-refractivity contribution >= 4 is 22.5 Å². The van der Waals surface area contributed by atoms with E-state index in [9.17, 15) is 4.79 Å². The number of hydrogen-bond donors (Lipinski definition) is 1. The smallest absolute Gasteiger partial charge is 0.256 e. The predicted octanol–water partition coefficient (Wildman–Crippen LogP) is 6.29. The fraction of sp³-hybridized carbons (Fsp3) is 0.154. The van der Waals surface area contributed by atoms with Gasteiger partial charge in [-0.15, -0.1) is 0 Å². The molecule has 4 nitrogen and oxygen atoms in total. The van der Waals surface area contributed by atoms with Gasteiger partial charge < -0.3 is 10.1 Å². The third-order valence-corrected chi connectivity index (χ3v) is 5.17. The molecule has 150 valence electrons. The first-order valence-electron chi connectivity index (χ1n) is 10.0. The molecular weight excluding hydrogens is 372 g/mol. The fourth-order valence-corrected chi connectivity index (χ4v) is 3.43. The topological polar surface area (TPSA) is 51.2 Å². The summed E-state index contributed by atoms with van der Waals surface area (Å²) in [5.74, 6) is 0.986. The number of carbonyl (C=O) groups is 1. The van der Waals surface area contributed by atoms with Crippen LogP contribution in [0.1, 0.15) is 35.7 Å². The molecule has 1 aromatic heterocycles. The van der Waals surface area contributed by atoms with Gasteiger partial charge in [-0.05, 0) is 41.8 Å². The lowest BCUT2D eigenvalue weighted by Crippen LogP contribution is -2.13. The highest BCUT2D eigenvalue weighted by Crippen LogP contribution is 2.28. The molecule has 30 heavy (non-hydrogen) atoms. The summed E-state index contributed by atoms with van der Waals surface area (Å²) >= 11 is 0. The second-order valence-corrected chi connectivity index (χ2v) is 7.53. The van der Waals surface area contributed by atoms with Crippen molar-refractivity contribution in [2.45, 2.75) is 19.8 Å². The molecule has 0 bridgehead atoms. The van der Waals surface area contributed by atoms with Crippen LogP contribution in [0.2, 0.25) is 0 Å². The number of pyridine rings is 1. The summed E-state index contributed by atoms with van der Waals surface area (Å²) in [6, 6.07) is 25.3. The number of methoxy groups -OCH3 is 1. The standard InChI is InChI=1S/C26H24N2O2/c1-17(2)18-9-11-20(12-10-18)27-26(29)23-16-24(19-7-5-4-6-8-19)28-25-15-21(30-3)13-14-22(23)25/h4-17H,1-3H3,(H,27,29). The van der Waals surface area contributed by atoms with E-state index in [4.69, 9.17) is 9.72 Å². The number of anilines is 1. The summed E-state index contributed by atoms with van der Waals surface area (Å²) < 4.78 is 5.35. The van der Waals surface area contributed by atoms with Gasteiger partial charge in [0, 0.05) is 22.7 Å². The average molecular weight is 396 g/mol. The van der Waals surface area contributed by atoms with Crippen LogP contribution in [0.4, 0.5) is 5.69 Å². The highest BCUT2D eigenvalue weighted by atomic mass is 16.5. The van der Waals surface area contributed by atoms with Crippen LogP contribution in [-0.4, -0.2) is 18.0 Å². The van der Waals surface area contributed by atoms with E-state index < -0.39 is 0 Å². The average Bonchev–Trinajstić information content (AvgIpc) is 2.78. The summed E-state index contributed by atoms with van der Waals surface area (Å²) in [6.45, 7) is 4.30. The molecule has 0 fully saturated rings. The van der Waals surface area contributed by atoms with Gasteiger partial charge in [-0.1, -0.05) is 56.3 Å². The van der Waals surface area contributed by atoms with Crippen LogP contribution < -0.4 is 10.1 Å². The second kappa shape index (κ2) is 8.37. The molecule has 0 atom stereocenters. The van der Waals surface area contributed by atoms with Gasteiger partial charge in [0.1, 0.15) is 5.75 Å². The van der Waals surface area contributed by atoms with Crippen molar-refractivity contribution in [3.8, 4) is 17.0 Å². The van der Waals surface area contributed by atoms with E-state index in [-0.39, 0.29) is 5.91 Å². The first kappa shape index (κ1) is 19.6. The van der Waals surface area contributed by atoms with E-state index in [1.807, 2.05) is 78.9 Å². The monoisotopic (exact) mass is 396 g/mol. The Kier molecular flexibility index (Phi) is 5.48. The molecule has 0 aliphatic carbocycles. The minimum atomic E-state index is -0.165. The quantitative estimate of drug-likeness (QED) is 0.431. The summed E-state index contributed by atoms with van der Waals surface area (Å²) in [7, 11) is 1.62.